The number of carboxylic acid groups (broad SMARTS) is 1. The van der Waals surface area contributed by atoms with Gasteiger partial charge in [0.2, 0.25) is 0 Å². The molecule has 1 N–H and O–H groups in total. The minimum Gasteiger partial charge on any atom is -0.481 e. The fourth-order valence-electron chi connectivity index (χ4n) is 1.52. The Morgan fingerprint density at radius 1 is 1.41 bits per heavy atom. The zero-order valence-corrected chi connectivity index (χ0v) is 9.37. The van der Waals surface area contributed by atoms with Crippen LogP contribution in [0.25, 0.3) is 11.5 Å². The Bertz CT molecular complexity index is 522. The zero-order valence-electron chi connectivity index (χ0n) is 9.37. The molecule has 2 heterocycles. The third kappa shape index (κ3) is 2.66. The Labute approximate surface area is 98.0 Å². The predicted octanol–water partition coefficient (Wildman–Crippen LogP) is 0.894. The average Bonchev–Trinajstić information content (AvgIpc) is 2.69. The van der Waals surface area contributed by atoms with Gasteiger partial charge in [-0.1, -0.05) is 0 Å². The van der Waals surface area contributed by atoms with Crippen LogP contribution in [0.2, 0.25) is 0 Å². The van der Waals surface area contributed by atoms with Crippen molar-refractivity contribution in [2.24, 2.45) is 7.05 Å². The van der Waals surface area contributed by atoms with Gasteiger partial charge in [-0.05, 0) is 12.1 Å². The third-order valence-electron chi connectivity index (χ3n) is 2.32. The van der Waals surface area contributed by atoms with Crippen LogP contribution in [0.4, 0.5) is 0 Å². The maximum Gasteiger partial charge on any atom is 0.303 e. The van der Waals surface area contributed by atoms with Crippen molar-refractivity contribution in [2.75, 3.05) is 0 Å². The highest BCUT2D eigenvalue weighted by Crippen LogP contribution is 2.15. The summed E-state index contributed by atoms with van der Waals surface area (Å²) in [5.41, 5.74) is 1.52. The van der Waals surface area contributed by atoms with Crippen molar-refractivity contribution in [3.8, 4) is 11.5 Å². The Kier molecular flexibility index (Phi) is 3.13. The van der Waals surface area contributed by atoms with Crippen molar-refractivity contribution in [3.05, 3.63) is 30.2 Å². The number of aromatic nitrogens is 4. The number of aryl methyl sites for hydroxylation is 2. The molecule has 6 heteroatoms. The largest absolute Gasteiger partial charge is 0.481 e. The van der Waals surface area contributed by atoms with Crippen molar-refractivity contribution in [1.29, 1.82) is 0 Å². The van der Waals surface area contributed by atoms with Crippen molar-refractivity contribution < 1.29 is 9.90 Å². The molecule has 0 spiro atoms. The average molecular weight is 232 g/mol. The summed E-state index contributed by atoms with van der Waals surface area (Å²) in [6.45, 7) is 0. The van der Waals surface area contributed by atoms with Gasteiger partial charge in [-0.25, -0.2) is 9.97 Å². The molecule has 0 saturated heterocycles. The van der Waals surface area contributed by atoms with E-state index in [1.54, 1.807) is 30.2 Å². The van der Waals surface area contributed by atoms with Gasteiger partial charge in [0.15, 0.2) is 5.82 Å². The van der Waals surface area contributed by atoms with Crippen molar-refractivity contribution in [2.45, 2.75) is 12.8 Å². The molecule has 0 aliphatic heterocycles. The molecule has 0 aliphatic carbocycles. The summed E-state index contributed by atoms with van der Waals surface area (Å²) in [6.07, 6.45) is 3.81. The lowest BCUT2D eigenvalue weighted by Crippen LogP contribution is -1.99. The SMILES string of the molecule is Cn1nc(CCC(=O)O)cc1-c1ncccn1. The first-order valence-electron chi connectivity index (χ1n) is 5.19. The number of aliphatic carboxylic acids is 1. The molecule has 0 amide bonds. The van der Waals surface area contributed by atoms with E-state index in [1.807, 2.05) is 6.07 Å². The highest BCUT2D eigenvalue weighted by Gasteiger charge is 2.10. The summed E-state index contributed by atoms with van der Waals surface area (Å²) in [6, 6.07) is 3.56. The van der Waals surface area contributed by atoms with Crippen LogP contribution >= 0.6 is 0 Å². The molecular formula is C11H12N4O2. The predicted molar refractivity (Wildman–Crippen MR) is 60.2 cm³/mol. The van der Waals surface area contributed by atoms with Gasteiger partial charge in [-0.2, -0.15) is 5.10 Å². The number of nitrogens with zero attached hydrogens (tertiary/aromatic N) is 4. The van der Waals surface area contributed by atoms with Crippen LogP contribution in [-0.4, -0.2) is 30.8 Å². The smallest absolute Gasteiger partial charge is 0.303 e. The molecule has 0 aromatic carbocycles. The first-order valence-corrected chi connectivity index (χ1v) is 5.19. The lowest BCUT2D eigenvalue weighted by Gasteiger charge is -1.97. The summed E-state index contributed by atoms with van der Waals surface area (Å²) in [7, 11) is 1.79. The number of carbonyl (C=O) groups is 1. The van der Waals surface area contributed by atoms with E-state index in [1.165, 1.54) is 0 Å². The third-order valence-corrected chi connectivity index (χ3v) is 2.32. The Morgan fingerprint density at radius 2 is 2.12 bits per heavy atom. The molecule has 6 nitrogen and oxygen atoms in total. The molecule has 0 fully saturated rings. The van der Waals surface area contributed by atoms with Gasteiger partial charge in [0.05, 0.1) is 12.1 Å². The highest BCUT2D eigenvalue weighted by atomic mass is 16.4. The van der Waals surface area contributed by atoms with E-state index < -0.39 is 5.97 Å². The number of hydrogen-bond donors (Lipinski definition) is 1. The van der Waals surface area contributed by atoms with Crippen LogP contribution in [-0.2, 0) is 18.3 Å². The summed E-state index contributed by atoms with van der Waals surface area (Å²) in [5, 5.41) is 12.8. The molecule has 0 radical (unpaired) electrons. The molecule has 88 valence electrons. The second kappa shape index (κ2) is 4.73. The number of rotatable bonds is 4. The highest BCUT2D eigenvalue weighted by molar-refractivity contribution is 5.67. The molecular weight excluding hydrogens is 220 g/mol. The summed E-state index contributed by atoms with van der Waals surface area (Å²) in [5.74, 6) is -0.239. The molecule has 2 aromatic rings. The molecule has 0 aliphatic rings. The molecule has 2 aromatic heterocycles. The Balaban J connectivity index is 2.22. The van der Waals surface area contributed by atoms with Crippen LogP contribution in [0, 0.1) is 0 Å². The van der Waals surface area contributed by atoms with Crippen molar-refractivity contribution in [3.63, 3.8) is 0 Å². The van der Waals surface area contributed by atoms with E-state index in [0.29, 0.717) is 12.2 Å². The Morgan fingerprint density at radius 3 is 2.76 bits per heavy atom. The standard InChI is InChI=1S/C11H12N4O2/c1-15-9(11-12-5-2-6-13-11)7-8(14-15)3-4-10(16)17/h2,5-7H,3-4H2,1H3,(H,16,17). The quantitative estimate of drug-likeness (QED) is 0.846. The van der Waals surface area contributed by atoms with Crippen molar-refractivity contribution >= 4 is 5.97 Å². The molecule has 17 heavy (non-hydrogen) atoms. The molecule has 0 atom stereocenters. The fourth-order valence-corrected chi connectivity index (χ4v) is 1.52. The second-order valence-corrected chi connectivity index (χ2v) is 3.61. The molecule has 0 saturated carbocycles. The first-order chi connectivity index (χ1) is 8.16. The first kappa shape index (κ1) is 11.3. The van der Waals surface area contributed by atoms with Crippen molar-refractivity contribution in [1.82, 2.24) is 19.7 Å². The van der Waals surface area contributed by atoms with E-state index in [-0.39, 0.29) is 6.42 Å². The van der Waals surface area contributed by atoms with E-state index in [2.05, 4.69) is 15.1 Å². The van der Waals surface area contributed by atoms with Crippen LogP contribution in [0.5, 0.6) is 0 Å². The van der Waals surface area contributed by atoms with Gasteiger partial charge in [-0.3, -0.25) is 9.48 Å². The van der Waals surface area contributed by atoms with Gasteiger partial charge in [0.1, 0.15) is 5.69 Å². The van der Waals surface area contributed by atoms with Crippen LogP contribution < -0.4 is 0 Å². The van der Waals surface area contributed by atoms with Gasteiger partial charge in [0.25, 0.3) is 0 Å². The van der Waals surface area contributed by atoms with E-state index in [4.69, 9.17) is 5.11 Å². The minimum atomic E-state index is -0.826. The van der Waals surface area contributed by atoms with Crippen LogP contribution in [0.3, 0.4) is 0 Å². The normalized spacial score (nSPS) is 10.4. The van der Waals surface area contributed by atoms with E-state index >= 15 is 0 Å². The van der Waals surface area contributed by atoms with E-state index in [0.717, 1.165) is 11.4 Å². The summed E-state index contributed by atoms with van der Waals surface area (Å²) in [4.78, 5) is 18.7. The second-order valence-electron chi connectivity index (χ2n) is 3.61. The maximum absolute atomic E-state index is 10.5. The number of hydrogen-bond acceptors (Lipinski definition) is 4. The van der Waals surface area contributed by atoms with Gasteiger partial charge < -0.3 is 5.11 Å². The Hall–Kier alpha value is -2.24. The van der Waals surface area contributed by atoms with Gasteiger partial charge >= 0.3 is 5.97 Å². The summed E-state index contributed by atoms with van der Waals surface area (Å²) >= 11 is 0. The van der Waals surface area contributed by atoms with Crippen LogP contribution in [0.15, 0.2) is 24.5 Å². The lowest BCUT2D eigenvalue weighted by atomic mass is 10.2. The molecule has 0 unspecified atom stereocenters. The van der Waals surface area contributed by atoms with Gasteiger partial charge in [0, 0.05) is 25.9 Å². The van der Waals surface area contributed by atoms with Gasteiger partial charge in [-0.15, -0.1) is 0 Å². The molecule has 0 bridgehead atoms. The monoisotopic (exact) mass is 232 g/mol. The summed E-state index contributed by atoms with van der Waals surface area (Å²) < 4.78 is 1.66. The maximum atomic E-state index is 10.5. The minimum absolute atomic E-state index is 0.0755. The molecule has 2 rings (SSSR count). The van der Waals surface area contributed by atoms with E-state index in [9.17, 15) is 4.79 Å². The zero-order chi connectivity index (χ0) is 12.3. The fraction of sp³-hybridized carbons (Fsp3) is 0.273. The number of carboxylic acids is 1. The topological polar surface area (TPSA) is 80.9 Å². The van der Waals surface area contributed by atoms with Crippen LogP contribution in [0.1, 0.15) is 12.1 Å². The lowest BCUT2D eigenvalue weighted by molar-refractivity contribution is -0.136.